The molecule has 5 heteroatoms. The highest BCUT2D eigenvalue weighted by molar-refractivity contribution is 6.31. The van der Waals surface area contributed by atoms with Crippen LogP contribution in [0.1, 0.15) is 33.2 Å². The Hall–Kier alpha value is -2.33. The van der Waals surface area contributed by atoms with Crippen LogP contribution >= 0.6 is 11.6 Å². The molecule has 2 unspecified atom stereocenters. The zero-order valence-electron chi connectivity index (χ0n) is 14.7. The van der Waals surface area contributed by atoms with Crippen LogP contribution in [0.3, 0.4) is 0 Å². The second kappa shape index (κ2) is 7.28. The fourth-order valence-corrected chi connectivity index (χ4v) is 2.97. The molecule has 130 valence electrons. The minimum absolute atomic E-state index is 0.0340. The standard InChI is InChI=1S/C20H22ClN3O/c1-4-13(2)22-20(25)14(3)24-18-11-10-16(21)12-17(18)19(23-24)15-8-6-5-7-9-15/h5-14H,4H2,1-3H3,(H,22,25). The molecule has 1 aromatic heterocycles. The van der Waals surface area contributed by atoms with Gasteiger partial charge in [-0.1, -0.05) is 48.9 Å². The van der Waals surface area contributed by atoms with Gasteiger partial charge in [0.05, 0.1) is 5.52 Å². The molecule has 0 saturated heterocycles. The molecule has 1 amide bonds. The van der Waals surface area contributed by atoms with Crippen molar-refractivity contribution in [1.29, 1.82) is 0 Å². The van der Waals surface area contributed by atoms with Crippen LogP contribution in [-0.2, 0) is 4.79 Å². The van der Waals surface area contributed by atoms with E-state index in [2.05, 4.69) is 12.2 Å². The van der Waals surface area contributed by atoms with Crippen LogP contribution in [0, 0.1) is 0 Å². The van der Waals surface area contributed by atoms with Crippen LogP contribution in [0.4, 0.5) is 0 Å². The maximum Gasteiger partial charge on any atom is 0.244 e. The maximum absolute atomic E-state index is 12.6. The zero-order chi connectivity index (χ0) is 18.0. The molecular formula is C20H22ClN3O. The molecular weight excluding hydrogens is 334 g/mol. The number of amides is 1. The lowest BCUT2D eigenvalue weighted by molar-refractivity contribution is -0.124. The van der Waals surface area contributed by atoms with Gasteiger partial charge in [-0.15, -0.1) is 0 Å². The number of hydrogen-bond acceptors (Lipinski definition) is 2. The molecule has 0 fully saturated rings. The molecule has 3 rings (SSSR count). The Labute approximate surface area is 152 Å². The summed E-state index contributed by atoms with van der Waals surface area (Å²) < 4.78 is 1.78. The number of rotatable bonds is 5. The summed E-state index contributed by atoms with van der Waals surface area (Å²) in [6.45, 7) is 5.92. The first-order valence-corrected chi connectivity index (χ1v) is 8.92. The highest BCUT2D eigenvalue weighted by Crippen LogP contribution is 2.31. The van der Waals surface area contributed by atoms with E-state index in [0.717, 1.165) is 28.6 Å². The molecule has 0 aliphatic heterocycles. The van der Waals surface area contributed by atoms with Crippen molar-refractivity contribution in [2.75, 3.05) is 0 Å². The topological polar surface area (TPSA) is 46.9 Å². The highest BCUT2D eigenvalue weighted by atomic mass is 35.5. The Morgan fingerprint density at radius 2 is 1.92 bits per heavy atom. The van der Waals surface area contributed by atoms with Crippen LogP contribution in [-0.4, -0.2) is 21.7 Å². The van der Waals surface area contributed by atoms with Crippen molar-refractivity contribution in [3.63, 3.8) is 0 Å². The van der Waals surface area contributed by atoms with Gasteiger partial charge in [-0.3, -0.25) is 9.48 Å². The summed E-state index contributed by atoms with van der Waals surface area (Å²) in [7, 11) is 0. The second-order valence-corrected chi connectivity index (χ2v) is 6.75. The van der Waals surface area contributed by atoms with Gasteiger partial charge in [-0.2, -0.15) is 5.10 Å². The second-order valence-electron chi connectivity index (χ2n) is 6.31. The van der Waals surface area contributed by atoms with E-state index in [0.29, 0.717) is 5.02 Å². The predicted molar refractivity (Wildman–Crippen MR) is 103 cm³/mol. The fraction of sp³-hybridized carbons (Fsp3) is 0.300. The summed E-state index contributed by atoms with van der Waals surface area (Å²) in [6, 6.07) is 15.3. The van der Waals surface area contributed by atoms with Crippen molar-refractivity contribution in [2.45, 2.75) is 39.3 Å². The lowest BCUT2D eigenvalue weighted by Crippen LogP contribution is -2.37. The number of benzene rings is 2. The Balaban J connectivity index is 2.09. The molecule has 1 heterocycles. The predicted octanol–water partition coefficient (Wildman–Crippen LogP) is 4.83. The number of halogens is 1. The molecule has 4 nitrogen and oxygen atoms in total. The quantitative estimate of drug-likeness (QED) is 0.712. The van der Waals surface area contributed by atoms with Crippen LogP contribution in [0.5, 0.6) is 0 Å². The van der Waals surface area contributed by atoms with E-state index >= 15 is 0 Å². The van der Waals surface area contributed by atoms with Crippen molar-refractivity contribution >= 4 is 28.4 Å². The number of nitrogens with zero attached hydrogens (tertiary/aromatic N) is 2. The Kier molecular flexibility index (Phi) is 5.09. The van der Waals surface area contributed by atoms with Gasteiger partial charge < -0.3 is 5.32 Å². The molecule has 0 bridgehead atoms. The monoisotopic (exact) mass is 355 g/mol. The number of aromatic nitrogens is 2. The summed E-state index contributed by atoms with van der Waals surface area (Å²) in [5.74, 6) is -0.0340. The fourth-order valence-electron chi connectivity index (χ4n) is 2.79. The average molecular weight is 356 g/mol. The molecule has 0 aliphatic carbocycles. The molecule has 0 spiro atoms. The van der Waals surface area contributed by atoms with Crippen LogP contribution in [0.2, 0.25) is 5.02 Å². The summed E-state index contributed by atoms with van der Waals surface area (Å²) in [6.07, 6.45) is 0.892. The van der Waals surface area contributed by atoms with E-state index in [1.165, 1.54) is 0 Å². The van der Waals surface area contributed by atoms with Crippen LogP contribution in [0.25, 0.3) is 22.2 Å². The third-order valence-electron chi connectivity index (χ3n) is 4.46. The first-order chi connectivity index (χ1) is 12.0. The minimum atomic E-state index is -0.407. The number of carbonyl (C=O) groups excluding carboxylic acids is 1. The highest BCUT2D eigenvalue weighted by Gasteiger charge is 2.22. The van der Waals surface area contributed by atoms with Gasteiger partial charge in [0.15, 0.2) is 0 Å². The van der Waals surface area contributed by atoms with Gasteiger partial charge in [0.1, 0.15) is 11.7 Å². The van der Waals surface area contributed by atoms with Crippen LogP contribution in [0.15, 0.2) is 48.5 Å². The molecule has 25 heavy (non-hydrogen) atoms. The summed E-state index contributed by atoms with van der Waals surface area (Å²) in [5.41, 5.74) is 2.74. The average Bonchev–Trinajstić information content (AvgIpc) is 3.00. The third-order valence-corrected chi connectivity index (χ3v) is 4.70. The molecule has 0 saturated carbocycles. The van der Waals surface area contributed by atoms with E-state index in [1.807, 2.05) is 62.4 Å². The molecule has 1 N–H and O–H groups in total. The Bertz CT molecular complexity index is 889. The van der Waals surface area contributed by atoms with Gasteiger partial charge in [0.25, 0.3) is 0 Å². The van der Waals surface area contributed by atoms with Gasteiger partial charge in [0, 0.05) is 22.0 Å². The van der Waals surface area contributed by atoms with Gasteiger partial charge in [-0.25, -0.2) is 0 Å². The Morgan fingerprint density at radius 3 is 2.60 bits per heavy atom. The van der Waals surface area contributed by atoms with Crippen molar-refractivity contribution in [2.24, 2.45) is 0 Å². The van der Waals surface area contributed by atoms with Crippen LogP contribution < -0.4 is 5.32 Å². The molecule has 0 aliphatic rings. The molecule has 2 aromatic carbocycles. The molecule has 3 aromatic rings. The van der Waals surface area contributed by atoms with E-state index in [-0.39, 0.29) is 11.9 Å². The largest absolute Gasteiger partial charge is 0.352 e. The van der Waals surface area contributed by atoms with E-state index in [1.54, 1.807) is 4.68 Å². The SMILES string of the molecule is CCC(C)NC(=O)C(C)n1nc(-c2ccccc2)c2cc(Cl)ccc21. The smallest absolute Gasteiger partial charge is 0.244 e. The van der Waals surface area contributed by atoms with E-state index < -0.39 is 6.04 Å². The maximum atomic E-state index is 12.6. The first-order valence-electron chi connectivity index (χ1n) is 8.54. The third kappa shape index (κ3) is 3.54. The molecule has 0 radical (unpaired) electrons. The van der Waals surface area contributed by atoms with Gasteiger partial charge >= 0.3 is 0 Å². The summed E-state index contributed by atoms with van der Waals surface area (Å²) >= 11 is 6.20. The molecule has 2 atom stereocenters. The number of nitrogens with one attached hydrogen (secondary N) is 1. The lowest BCUT2D eigenvalue weighted by atomic mass is 10.1. The number of hydrogen-bond donors (Lipinski definition) is 1. The summed E-state index contributed by atoms with van der Waals surface area (Å²) in [5, 5.41) is 9.38. The first kappa shape index (κ1) is 17.5. The van der Waals surface area contributed by atoms with Gasteiger partial charge in [0.2, 0.25) is 5.91 Å². The van der Waals surface area contributed by atoms with E-state index in [4.69, 9.17) is 16.7 Å². The minimum Gasteiger partial charge on any atom is -0.352 e. The Morgan fingerprint density at radius 1 is 1.20 bits per heavy atom. The number of carbonyl (C=O) groups is 1. The lowest BCUT2D eigenvalue weighted by Gasteiger charge is -2.17. The van der Waals surface area contributed by atoms with Crippen molar-refractivity contribution in [3.05, 3.63) is 53.6 Å². The summed E-state index contributed by atoms with van der Waals surface area (Å²) in [4.78, 5) is 12.6. The van der Waals surface area contributed by atoms with Crippen molar-refractivity contribution in [1.82, 2.24) is 15.1 Å². The van der Waals surface area contributed by atoms with E-state index in [9.17, 15) is 4.79 Å². The number of fused-ring (bicyclic) bond motifs is 1. The van der Waals surface area contributed by atoms with Crippen molar-refractivity contribution < 1.29 is 4.79 Å². The normalized spacial score (nSPS) is 13.6. The zero-order valence-corrected chi connectivity index (χ0v) is 15.4. The van der Waals surface area contributed by atoms with Crippen molar-refractivity contribution in [3.8, 4) is 11.3 Å². The van der Waals surface area contributed by atoms with Gasteiger partial charge in [-0.05, 0) is 38.5 Å².